The quantitative estimate of drug-likeness (QED) is 0.905. The van der Waals surface area contributed by atoms with Crippen molar-refractivity contribution in [1.29, 1.82) is 0 Å². The number of aromatic nitrogens is 1. The molecule has 2 aromatic rings. The molecule has 108 valence electrons. The molecular weight excluding hydrogens is 268 g/mol. The molecule has 3 rings (SSSR count). The molecule has 0 atom stereocenters. The fourth-order valence-electron chi connectivity index (χ4n) is 2.52. The number of anilines is 1. The van der Waals surface area contributed by atoms with Crippen LogP contribution in [0, 0.1) is 0 Å². The molecular formula is C16H16N2O3. The summed E-state index contributed by atoms with van der Waals surface area (Å²) in [6, 6.07) is 10.6. The number of hydrogen-bond donors (Lipinski definition) is 2. The van der Waals surface area contributed by atoms with Gasteiger partial charge in [0.25, 0.3) is 5.91 Å². The van der Waals surface area contributed by atoms with E-state index in [-0.39, 0.29) is 5.91 Å². The first-order valence-corrected chi connectivity index (χ1v) is 6.79. The number of rotatable bonds is 4. The predicted molar refractivity (Wildman–Crippen MR) is 78.4 cm³/mol. The van der Waals surface area contributed by atoms with Gasteiger partial charge in [0.15, 0.2) is 0 Å². The van der Waals surface area contributed by atoms with E-state index < -0.39 is 11.4 Å². The average molecular weight is 284 g/mol. The van der Waals surface area contributed by atoms with E-state index in [4.69, 9.17) is 0 Å². The lowest BCUT2D eigenvalue weighted by molar-refractivity contribution is -0.140. The minimum Gasteiger partial charge on any atom is -0.481 e. The number of amides is 1. The molecule has 0 aliphatic heterocycles. The van der Waals surface area contributed by atoms with E-state index in [2.05, 4.69) is 5.32 Å². The molecule has 1 aromatic heterocycles. The molecule has 1 aromatic carbocycles. The molecule has 1 saturated carbocycles. The van der Waals surface area contributed by atoms with Crippen molar-refractivity contribution in [2.45, 2.75) is 18.3 Å². The Morgan fingerprint density at radius 2 is 1.86 bits per heavy atom. The second kappa shape index (κ2) is 4.77. The van der Waals surface area contributed by atoms with Crippen LogP contribution in [0.2, 0.25) is 0 Å². The fourth-order valence-corrected chi connectivity index (χ4v) is 2.52. The van der Waals surface area contributed by atoms with E-state index in [0.29, 0.717) is 24.2 Å². The van der Waals surface area contributed by atoms with Gasteiger partial charge in [-0.15, -0.1) is 0 Å². The Bertz CT molecular complexity index is 697. The second-order valence-electron chi connectivity index (χ2n) is 5.42. The number of aryl methyl sites for hydroxylation is 1. The van der Waals surface area contributed by atoms with Crippen LogP contribution in [0.25, 0.3) is 0 Å². The molecule has 1 aliphatic rings. The van der Waals surface area contributed by atoms with Gasteiger partial charge in [-0.2, -0.15) is 0 Å². The Kier molecular flexibility index (Phi) is 3.05. The van der Waals surface area contributed by atoms with Gasteiger partial charge in [0, 0.05) is 18.9 Å². The standard InChI is InChI=1S/C16H16N2O3/c1-18-10-2-3-13(18)14(19)17-12-6-4-11(5-7-12)16(8-9-16)15(20)21/h2-7,10H,8-9H2,1H3,(H,17,19)(H,20,21). The summed E-state index contributed by atoms with van der Waals surface area (Å²) in [4.78, 5) is 23.3. The van der Waals surface area contributed by atoms with Crippen molar-refractivity contribution < 1.29 is 14.7 Å². The third-order valence-corrected chi connectivity index (χ3v) is 4.03. The molecule has 0 saturated heterocycles. The van der Waals surface area contributed by atoms with Crippen molar-refractivity contribution in [2.24, 2.45) is 7.05 Å². The van der Waals surface area contributed by atoms with E-state index in [0.717, 1.165) is 5.56 Å². The highest BCUT2D eigenvalue weighted by molar-refractivity contribution is 6.03. The van der Waals surface area contributed by atoms with Gasteiger partial charge >= 0.3 is 5.97 Å². The van der Waals surface area contributed by atoms with Crippen LogP contribution in [0.3, 0.4) is 0 Å². The number of carboxylic acid groups (broad SMARTS) is 1. The van der Waals surface area contributed by atoms with Gasteiger partial charge in [-0.1, -0.05) is 12.1 Å². The first-order valence-electron chi connectivity index (χ1n) is 6.79. The van der Waals surface area contributed by atoms with Gasteiger partial charge in [0.1, 0.15) is 5.69 Å². The number of carbonyl (C=O) groups excluding carboxylic acids is 1. The first kappa shape index (κ1) is 13.4. The summed E-state index contributed by atoms with van der Waals surface area (Å²) in [5.74, 6) is -0.960. The third kappa shape index (κ3) is 2.31. The van der Waals surface area contributed by atoms with Crippen molar-refractivity contribution >= 4 is 17.6 Å². The fraction of sp³-hybridized carbons (Fsp3) is 0.250. The molecule has 21 heavy (non-hydrogen) atoms. The maximum absolute atomic E-state index is 12.1. The Balaban J connectivity index is 1.75. The van der Waals surface area contributed by atoms with Gasteiger partial charge < -0.3 is 15.0 Å². The summed E-state index contributed by atoms with van der Waals surface area (Å²) in [5, 5.41) is 12.1. The molecule has 1 fully saturated rings. The Morgan fingerprint density at radius 3 is 2.33 bits per heavy atom. The largest absolute Gasteiger partial charge is 0.481 e. The van der Waals surface area contributed by atoms with Crippen molar-refractivity contribution in [3.8, 4) is 0 Å². The van der Waals surface area contributed by atoms with E-state index in [1.165, 1.54) is 0 Å². The zero-order valence-electron chi connectivity index (χ0n) is 11.7. The SMILES string of the molecule is Cn1cccc1C(=O)Nc1ccc(C2(C(=O)O)CC2)cc1. The number of nitrogens with one attached hydrogen (secondary N) is 1. The molecule has 0 radical (unpaired) electrons. The summed E-state index contributed by atoms with van der Waals surface area (Å²) < 4.78 is 1.74. The molecule has 0 spiro atoms. The number of nitrogens with zero attached hydrogens (tertiary/aromatic N) is 1. The Morgan fingerprint density at radius 1 is 1.19 bits per heavy atom. The summed E-state index contributed by atoms with van der Waals surface area (Å²) >= 11 is 0. The van der Waals surface area contributed by atoms with E-state index in [1.54, 1.807) is 34.9 Å². The van der Waals surface area contributed by atoms with E-state index in [9.17, 15) is 14.7 Å². The van der Waals surface area contributed by atoms with Crippen LogP contribution in [0.15, 0.2) is 42.6 Å². The maximum Gasteiger partial charge on any atom is 0.314 e. The van der Waals surface area contributed by atoms with Crippen LogP contribution in [0.4, 0.5) is 5.69 Å². The molecule has 0 unspecified atom stereocenters. The minimum absolute atomic E-state index is 0.186. The minimum atomic E-state index is -0.775. The van der Waals surface area contributed by atoms with Crippen molar-refractivity contribution in [1.82, 2.24) is 4.57 Å². The smallest absolute Gasteiger partial charge is 0.314 e. The summed E-state index contributed by atoms with van der Waals surface area (Å²) in [6.07, 6.45) is 3.16. The zero-order chi connectivity index (χ0) is 15.0. The highest BCUT2D eigenvalue weighted by Crippen LogP contribution is 2.48. The van der Waals surface area contributed by atoms with Crippen molar-refractivity contribution in [3.05, 3.63) is 53.9 Å². The monoisotopic (exact) mass is 284 g/mol. The highest BCUT2D eigenvalue weighted by Gasteiger charge is 2.51. The number of hydrogen-bond acceptors (Lipinski definition) is 2. The van der Waals surface area contributed by atoms with Crippen LogP contribution < -0.4 is 5.32 Å². The van der Waals surface area contributed by atoms with Crippen LogP contribution in [0.5, 0.6) is 0 Å². The number of carbonyl (C=O) groups is 2. The maximum atomic E-state index is 12.1. The molecule has 0 bridgehead atoms. The molecule has 5 nitrogen and oxygen atoms in total. The predicted octanol–water partition coefficient (Wildman–Crippen LogP) is 2.39. The number of benzene rings is 1. The van der Waals surface area contributed by atoms with Gasteiger partial charge in [0.2, 0.25) is 0 Å². The van der Waals surface area contributed by atoms with E-state index in [1.807, 2.05) is 19.3 Å². The van der Waals surface area contributed by atoms with Crippen molar-refractivity contribution in [2.75, 3.05) is 5.32 Å². The molecule has 2 N–H and O–H groups in total. The Hall–Kier alpha value is -2.56. The van der Waals surface area contributed by atoms with Crippen LogP contribution >= 0.6 is 0 Å². The summed E-state index contributed by atoms with van der Waals surface area (Å²) in [6.45, 7) is 0. The molecule has 1 heterocycles. The number of aliphatic carboxylic acids is 1. The van der Waals surface area contributed by atoms with Crippen LogP contribution in [-0.2, 0) is 17.3 Å². The van der Waals surface area contributed by atoms with Gasteiger partial charge in [0.05, 0.1) is 5.41 Å². The number of carboxylic acids is 1. The topological polar surface area (TPSA) is 71.3 Å². The van der Waals surface area contributed by atoms with Gasteiger partial charge in [-0.05, 0) is 42.7 Å². The summed E-state index contributed by atoms with van der Waals surface area (Å²) in [5.41, 5.74) is 1.32. The second-order valence-corrected chi connectivity index (χ2v) is 5.42. The third-order valence-electron chi connectivity index (χ3n) is 4.03. The molecule has 1 amide bonds. The van der Waals surface area contributed by atoms with Crippen molar-refractivity contribution in [3.63, 3.8) is 0 Å². The lowest BCUT2D eigenvalue weighted by atomic mass is 9.96. The normalized spacial score (nSPS) is 15.5. The van der Waals surface area contributed by atoms with Gasteiger partial charge in [-0.3, -0.25) is 9.59 Å². The lowest BCUT2D eigenvalue weighted by Crippen LogP contribution is -2.19. The molecule has 1 aliphatic carbocycles. The zero-order valence-corrected chi connectivity index (χ0v) is 11.7. The summed E-state index contributed by atoms with van der Waals surface area (Å²) in [7, 11) is 1.81. The van der Waals surface area contributed by atoms with Crippen LogP contribution in [-0.4, -0.2) is 21.6 Å². The Labute approximate surface area is 122 Å². The van der Waals surface area contributed by atoms with Crippen LogP contribution in [0.1, 0.15) is 28.9 Å². The van der Waals surface area contributed by atoms with E-state index >= 15 is 0 Å². The highest BCUT2D eigenvalue weighted by atomic mass is 16.4. The lowest BCUT2D eigenvalue weighted by Gasteiger charge is -2.11. The van der Waals surface area contributed by atoms with Gasteiger partial charge in [-0.25, -0.2) is 0 Å². The first-order chi connectivity index (χ1) is 10.0. The molecule has 5 heteroatoms. The average Bonchev–Trinajstić information content (AvgIpc) is 3.16.